The summed E-state index contributed by atoms with van der Waals surface area (Å²) in [5.41, 5.74) is 0.423. The third kappa shape index (κ3) is 3.75. The number of aromatic nitrogens is 1. The number of fused-ring (bicyclic) bond motifs is 3. The van der Waals surface area contributed by atoms with Crippen LogP contribution >= 0.6 is 11.6 Å². The first kappa shape index (κ1) is 24.4. The van der Waals surface area contributed by atoms with Crippen molar-refractivity contribution in [2.24, 2.45) is 11.3 Å². The predicted molar refractivity (Wildman–Crippen MR) is 142 cm³/mol. The summed E-state index contributed by atoms with van der Waals surface area (Å²) in [5, 5.41) is 11.9. The Hall–Kier alpha value is -2.99. The van der Waals surface area contributed by atoms with Gasteiger partial charge in [-0.25, -0.2) is 8.42 Å². The average molecular weight is 535 g/mol. The number of halogens is 1. The van der Waals surface area contributed by atoms with E-state index in [2.05, 4.69) is 11.1 Å². The highest BCUT2D eigenvalue weighted by molar-refractivity contribution is 7.89. The molecule has 3 aliphatic rings. The van der Waals surface area contributed by atoms with E-state index in [9.17, 15) is 18.5 Å². The molecule has 2 fully saturated rings. The van der Waals surface area contributed by atoms with Crippen LogP contribution < -0.4 is 4.90 Å². The number of hydrogen-bond acceptors (Lipinski definition) is 5. The molecule has 6 rings (SSSR count). The number of pyridine rings is 1. The summed E-state index contributed by atoms with van der Waals surface area (Å²) < 4.78 is 28.8. The fraction of sp³-hybridized carbons (Fsp3) is 0.393. The van der Waals surface area contributed by atoms with E-state index in [1.165, 1.54) is 4.31 Å². The Kier molecular flexibility index (Phi) is 5.61. The summed E-state index contributed by atoms with van der Waals surface area (Å²) in [4.78, 5) is 20.8. The molecule has 1 aromatic heterocycles. The smallest absolute Gasteiger partial charge is 0.239 e. The minimum atomic E-state index is -3.78. The van der Waals surface area contributed by atoms with Gasteiger partial charge < -0.3 is 4.90 Å². The first-order chi connectivity index (χ1) is 17.7. The second kappa shape index (κ2) is 8.52. The Labute approximate surface area is 221 Å². The lowest BCUT2D eigenvalue weighted by Crippen LogP contribution is -2.55. The molecule has 3 heterocycles. The number of nitrogens with zero attached hydrogens (tertiary/aromatic N) is 4. The molecular formula is C28H27ClN4O3S. The summed E-state index contributed by atoms with van der Waals surface area (Å²) >= 11 is 6.45. The van der Waals surface area contributed by atoms with E-state index in [1.54, 1.807) is 23.4 Å². The fourth-order valence-electron chi connectivity index (χ4n) is 6.19. The maximum Gasteiger partial charge on any atom is 0.239 e. The quantitative estimate of drug-likeness (QED) is 0.475. The first-order valence-electron chi connectivity index (χ1n) is 12.6. The van der Waals surface area contributed by atoms with Crippen molar-refractivity contribution in [3.05, 3.63) is 71.0 Å². The van der Waals surface area contributed by atoms with Gasteiger partial charge in [-0.05, 0) is 42.0 Å². The van der Waals surface area contributed by atoms with Crippen molar-refractivity contribution in [1.29, 1.82) is 5.26 Å². The van der Waals surface area contributed by atoms with Crippen LogP contribution in [0.15, 0.2) is 54.9 Å². The van der Waals surface area contributed by atoms with Gasteiger partial charge in [-0.15, -0.1) is 0 Å². The normalized spacial score (nSPS) is 24.8. The van der Waals surface area contributed by atoms with E-state index in [4.69, 9.17) is 11.6 Å². The zero-order chi connectivity index (χ0) is 26.0. The molecule has 9 heteroatoms. The molecule has 37 heavy (non-hydrogen) atoms. The molecule has 3 aromatic rings. The Bertz CT molecular complexity index is 1570. The second-order valence-corrected chi connectivity index (χ2v) is 13.0. The van der Waals surface area contributed by atoms with Crippen LogP contribution in [-0.2, 0) is 26.8 Å². The highest BCUT2D eigenvalue weighted by Crippen LogP contribution is 2.51. The molecule has 190 valence electrons. The van der Waals surface area contributed by atoms with Crippen molar-refractivity contribution in [2.45, 2.75) is 38.1 Å². The van der Waals surface area contributed by atoms with Crippen LogP contribution in [-0.4, -0.2) is 42.5 Å². The van der Waals surface area contributed by atoms with Crippen molar-refractivity contribution in [1.82, 2.24) is 9.29 Å². The molecule has 1 spiro atoms. The molecule has 1 amide bonds. The van der Waals surface area contributed by atoms with E-state index in [-0.39, 0.29) is 30.7 Å². The van der Waals surface area contributed by atoms with Gasteiger partial charge in [0.2, 0.25) is 15.9 Å². The summed E-state index contributed by atoms with van der Waals surface area (Å²) in [5.74, 6) is -0.486. The molecule has 0 radical (unpaired) electrons. The predicted octanol–water partition coefficient (Wildman–Crippen LogP) is 4.65. The lowest BCUT2D eigenvalue weighted by atomic mass is 9.67. The van der Waals surface area contributed by atoms with Crippen molar-refractivity contribution >= 4 is 44.0 Å². The number of anilines is 1. The highest BCUT2D eigenvalue weighted by Gasteiger charge is 2.60. The van der Waals surface area contributed by atoms with E-state index < -0.39 is 20.9 Å². The minimum Gasteiger partial charge on any atom is -0.309 e. The van der Waals surface area contributed by atoms with Crippen LogP contribution in [0, 0.1) is 22.7 Å². The number of carbonyl (C=O) groups excluding carboxylic acids is 1. The van der Waals surface area contributed by atoms with E-state index >= 15 is 0 Å². The lowest BCUT2D eigenvalue weighted by molar-refractivity contribution is -0.123. The van der Waals surface area contributed by atoms with E-state index in [0.29, 0.717) is 30.8 Å². The summed E-state index contributed by atoms with van der Waals surface area (Å²) in [7, 11) is -3.78. The molecule has 2 aliphatic heterocycles. The Morgan fingerprint density at radius 1 is 1.19 bits per heavy atom. The summed E-state index contributed by atoms with van der Waals surface area (Å²) in [6.07, 6.45) is 5.35. The number of hydrogen-bond donors (Lipinski definition) is 0. The number of sulfonamides is 1. The van der Waals surface area contributed by atoms with Gasteiger partial charge in [-0.2, -0.15) is 9.57 Å². The third-order valence-electron chi connectivity index (χ3n) is 8.43. The van der Waals surface area contributed by atoms with Crippen molar-refractivity contribution in [3.63, 3.8) is 0 Å². The molecular weight excluding hydrogens is 508 g/mol. The van der Waals surface area contributed by atoms with Gasteiger partial charge in [0.15, 0.2) is 0 Å². The second-order valence-electron chi connectivity index (χ2n) is 10.6. The van der Waals surface area contributed by atoms with Gasteiger partial charge in [-0.1, -0.05) is 55.3 Å². The number of benzene rings is 2. The maximum atomic E-state index is 14.6. The number of rotatable bonds is 5. The van der Waals surface area contributed by atoms with Crippen LogP contribution in [0.4, 0.5) is 5.69 Å². The average Bonchev–Trinajstić information content (AvgIpc) is 3.61. The van der Waals surface area contributed by atoms with Crippen molar-refractivity contribution in [2.75, 3.05) is 23.7 Å². The maximum absolute atomic E-state index is 14.6. The van der Waals surface area contributed by atoms with Crippen LogP contribution in [0.3, 0.4) is 0 Å². The fourth-order valence-corrected chi connectivity index (χ4v) is 8.34. The van der Waals surface area contributed by atoms with Gasteiger partial charge in [0.1, 0.15) is 0 Å². The zero-order valence-corrected chi connectivity index (χ0v) is 22.1. The number of nitriles is 1. The Morgan fingerprint density at radius 2 is 1.97 bits per heavy atom. The molecule has 1 saturated carbocycles. The third-order valence-corrected chi connectivity index (χ3v) is 10.6. The molecule has 1 saturated heterocycles. The first-order valence-corrected chi connectivity index (χ1v) is 14.5. The van der Waals surface area contributed by atoms with Crippen molar-refractivity contribution in [3.8, 4) is 6.07 Å². The summed E-state index contributed by atoms with van der Waals surface area (Å²) in [6.45, 7) is 2.69. The molecule has 7 nitrogen and oxygen atoms in total. The van der Waals surface area contributed by atoms with Crippen LogP contribution in [0.1, 0.15) is 37.3 Å². The largest absolute Gasteiger partial charge is 0.309 e. The van der Waals surface area contributed by atoms with Gasteiger partial charge in [0.25, 0.3) is 0 Å². The molecule has 1 aliphatic carbocycles. The number of carbonyl (C=O) groups is 1. The lowest BCUT2D eigenvalue weighted by Gasteiger charge is -2.43. The molecule has 2 atom stereocenters. The SMILES string of the molecule is CCC1CN(c2cncc3ccccc23)C(=O)C12CN(S(=O)(=O)CC1(C#N)CC1)Cc1ccc(Cl)cc12. The molecule has 2 unspecified atom stereocenters. The zero-order valence-electron chi connectivity index (χ0n) is 20.5. The molecule has 0 N–H and O–H groups in total. The monoisotopic (exact) mass is 534 g/mol. The molecule has 2 aromatic carbocycles. The van der Waals surface area contributed by atoms with Gasteiger partial charge in [0.05, 0.1) is 34.5 Å². The van der Waals surface area contributed by atoms with Crippen LogP contribution in [0.2, 0.25) is 5.02 Å². The van der Waals surface area contributed by atoms with Gasteiger partial charge in [0, 0.05) is 41.6 Å². The minimum absolute atomic E-state index is 0.0379. The standard InChI is InChI=1S/C28H27ClN4O3S/c1-2-21-15-33(25-13-31-12-19-5-3-4-6-23(19)25)26(34)28(21)17-32(14-20-7-8-22(29)11-24(20)28)37(35,36)18-27(16-30)9-10-27/h3-8,11-13,21H,2,9-10,14-15,17-18H2,1H3. The highest BCUT2D eigenvalue weighted by atomic mass is 35.5. The number of amides is 1. The summed E-state index contributed by atoms with van der Waals surface area (Å²) in [6, 6.07) is 15.4. The Balaban J connectivity index is 1.49. The van der Waals surface area contributed by atoms with Crippen LogP contribution in [0.5, 0.6) is 0 Å². The van der Waals surface area contributed by atoms with Gasteiger partial charge >= 0.3 is 0 Å². The van der Waals surface area contributed by atoms with E-state index in [1.807, 2.05) is 43.3 Å². The van der Waals surface area contributed by atoms with Crippen molar-refractivity contribution < 1.29 is 13.2 Å². The van der Waals surface area contributed by atoms with Gasteiger partial charge in [-0.3, -0.25) is 9.78 Å². The van der Waals surface area contributed by atoms with E-state index in [0.717, 1.165) is 27.6 Å². The van der Waals surface area contributed by atoms with Crippen LogP contribution in [0.25, 0.3) is 10.8 Å². The topological polar surface area (TPSA) is 94.4 Å². The molecule has 0 bridgehead atoms. The Morgan fingerprint density at radius 3 is 2.70 bits per heavy atom.